The van der Waals surface area contributed by atoms with E-state index in [1.807, 2.05) is 47.9 Å². The van der Waals surface area contributed by atoms with E-state index >= 15 is 0 Å². The van der Waals surface area contributed by atoms with Crippen LogP contribution in [0.2, 0.25) is 0 Å². The second-order valence-corrected chi connectivity index (χ2v) is 4.40. The summed E-state index contributed by atoms with van der Waals surface area (Å²) in [5.41, 5.74) is 0.701. The number of hydrogen-bond acceptors (Lipinski definition) is 3. The summed E-state index contributed by atoms with van der Waals surface area (Å²) >= 11 is 1.55. The van der Waals surface area contributed by atoms with Crippen LogP contribution in [-0.2, 0) is 0 Å². The summed E-state index contributed by atoms with van der Waals surface area (Å²) in [7, 11) is 1.63. The second-order valence-electron chi connectivity index (χ2n) is 3.45. The van der Waals surface area contributed by atoms with E-state index in [0.717, 1.165) is 10.6 Å². The first-order valence-electron chi connectivity index (χ1n) is 5.19. The zero-order valence-corrected chi connectivity index (χ0v) is 10.2. The van der Waals surface area contributed by atoms with Crippen LogP contribution in [0.1, 0.15) is 15.2 Å². The van der Waals surface area contributed by atoms with Crippen LogP contribution in [0.4, 0.5) is 0 Å². The molecule has 0 radical (unpaired) electrons. The summed E-state index contributed by atoms with van der Waals surface area (Å²) in [6.07, 6.45) is 3.39. The van der Waals surface area contributed by atoms with Crippen LogP contribution in [0.25, 0.3) is 6.08 Å². The molecule has 0 spiro atoms. The van der Waals surface area contributed by atoms with Crippen molar-refractivity contribution in [2.75, 3.05) is 7.11 Å². The lowest BCUT2D eigenvalue weighted by Gasteiger charge is -1.93. The molecule has 0 atom stereocenters. The van der Waals surface area contributed by atoms with Crippen LogP contribution in [-0.4, -0.2) is 12.9 Å². The van der Waals surface area contributed by atoms with E-state index in [1.165, 1.54) is 0 Å². The molecule has 2 nitrogen and oxygen atoms in total. The van der Waals surface area contributed by atoms with E-state index in [-0.39, 0.29) is 5.78 Å². The molecule has 86 valence electrons. The molecule has 0 N–H and O–H groups in total. The highest BCUT2D eigenvalue weighted by Gasteiger charge is 2.00. The maximum atomic E-state index is 11.8. The molecule has 0 fully saturated rings. The van der Waals surface area contributed by atoms with Gasteiger partial charge in [0.05, 0.1) is 7.11 Å². The molecule has 1 aromatic carbocycles. The van der Waals surface area contributed by atoms with Crippen LogP contribution < -0.4 is 4.74 Å². The summed E-state index contributed by atoms with van der Waals surface area (Å²) in [6.45, 7) is 0. The maximum absolute atomic E-state index is 11.8. The van der Waals surface area contributed by atoms with Crippen molar-refractivity contribution in [3.63, 3.8) is 0 Å². The summed E-state index contributed by atoms with van der Waals surface area (Å²) in [5, 5.41) is 1.91. The highest BCUT2D eigenvalue weighted by molar-refractivity contribution is 7.11. The van der Waals surface area contributed by atoms with Crippen LogP contribution in [0.5, 0.6) is 5.75 Å². The monoisotopic (exact) mass is 244 g/mol. The van der Waals surface area contributed by atoms with E-state index < -0.39 is 0 Å². The topological polar surface area (TPSA) is 26.3 Å². The molecule has 1 heterocycles. The van der Waals surface area contributed by atoms with Gasteiger partial charge in [-0.2, -0.15) is 0 Å². The molecule has 0 saturated carbocycles. The number of allylic oxidation sites excluding steroid dienone is 1. The smallest absolute Gasteiger partial charge is 0.185 e. The summed E-state index contributed by atoms with van der Waals surface area (Å²) in [6, 6.07) is 11.1. The fourth-order valence-corrected chi connectivity index (χ4v) is 2.13. The quantitative estimate of drug-likeness (QED) is 0.606. The van der Waals surface area contributed by atoms with Gasteiger partial charge in [-0.05, 0) is 18.2 Å². The SMILES string of the molecule is COc1csc(C=CC(=O)c2ccccc2)c1. The molecule has 1 aromatic heterocycles. The van der Waals surface area contributed by atoms with Crippen molar-refractivity contribution in [2.45, 2.75) is 0 Å². The number of carbonyl (C=O) groups excluding carboxylic acids is 1. The lowest BCUT2D eigenvalue weighted by molar-refractivity contribution is 0.104. The van der Waals surface area contributed by atoms with Crippen LogP contribution in [0.3, 0.4) is 0 Å². The Labute approximate surface area is 104 Å². The van der Waals surface area contributed by atoms with E-state index in [0.29, 0.717) is 5.56 Å². The number of ether oxygens (including phenoxy) is 1. The maximum Gasteiger partial charge on any atom is 0.185 e. The predicted molar refractivity (Wildman–Crippen MR) is 70.7 cm³/mol. The normalized spacial score (nSPS) is 10.6. The van der Waals surface area contributed by atoms with E-state index in [2.05, 4.69) is 0 Å². The van der Waals surface area contributed by atoms with Gasteiger partial charge in [-0.25, -0.2) is 0 Å². The fourth-order valence-electron chi connectivity index (χ4n) is 1.39. The molecule has 17 heavy (non-hydrogen) atoms. The Kier molecular flexibility index (Phi) is 3.73. The van der Waals surface area contributed by atoms with Crippen LogP contribution in [0, 0.1) is 0 Å². The van der Waals surface area contributed by atoms with Gasteiger partial charge >= 0.3 is 0 Å². The number of rotatable bonds is 4. The molecule has 0 unspecified atom stereocenters. The lowest BCUT2D eigenvalue weighted by Crippen LogP contribution is -1.92. The molecule has 0 amide bonds. The zero-order chi connectivity index (χ0) is 12.1. The van der Waals surface area contributed by atoms with E-state index in [4.69, 9.17) is 4.74 Å². The minimum Gasteiger partial charge on any atom is -0.496 e. The van der Waals surface area contributed by atoms with E-state index in [1.54, 1.807) is 24.5 Å². The number of carbonyl (C=O) groups is 1. The van der Waals surface area contributed by atoms with Crippen molar-refractivity contribution in [1.29, 1.82) is 0 Å². The predicted octanol–water partition coefficient (Wildman–Crippen LogP) is 3.65. The number of benzene rings is 1. The molecule has 0 bridgehead atoms. The molecule has 0 saturated heterocycles. The average molecular weight is 244 g/mol. The number of hydrogen-bond donors (Lipinski definition) is 0. The third-order valence-electron chi connectivity index (χ3n) is 2.29. The number of ketones is 1. The summed E-state index contributed by atoms with van der Waals surface area (Å²) in [4.78, 5) is 12.8. The Morgan fingerprint density at radius 2 is 2.06 bits per heavy atom. The van der Waals surface area contributed by atoms with Crippen LogP contribution >= 0.6 is 11.3 Å². The highest BCUT2D eigenvalue weighted by Crippen LogP contribution is 2.22. The fraction of sp³-hybridized carbons (Fsp3) is 0.0714. The molecule has 2 rings (SSSR count). The lowest BCUT2D eigenvalue weighted by atomic mass is 10.1. The summed E-state index contributed by atoms with van der Waals surface area (Å²) in [5.74, 6) is 0.833. The Bertz CT molecular complexity index is 526. The van der Waals surface area contributed by atoms with Gasteiger partial charge in [0, 0.05) is 15.8 Å². The van der Waals surface area contributed by atoms with Crippen molar-refractivity contribution in [3.05, 3.63) is 58.3 Å². The standard InChI is InChI=1S/C14H12O2S/c1-16-12-9-13(17-10-12)7-8-14(15)11-5-3-2-4-6-11/h2-10H,1H3. The van der Waals surface area contributed by atoms with Gasteiger partial charge < -0.3 is 4.74 Å². The largest absolute Gasteiger partial charge is 0.496 e. The first-order valence-corrected chi connectivity index (χ1v) is 6.07. The van der Waals surface area contributed by atoms with Crippen molar-refractivity contribution in [2.24, 2.45) is 0 Å². The Balaban J connectivity index is 2.08. The van der Waals surface area contributed by atoms with Gasteiger partial charge in [0.25, 0.3) is 0 Å². The van der Waals surface area contributed by atoms with Crippen molar-refractivity contribution in [3.8, 4) is 5.75 Å². The molecule has 0 aliphatic heterocycles. The minimum atomic E-state index is 0.0120. The van der Waals surface area contributed by atoms with Gasteiger partial charge in [-0.3, -0.25) is 4.79 Å². The van der Waals surface area contributed by atoms with Crippen molar-refractivity contribution < 1.29 is 9.53 Å². The molecule has 0 aliphatic rings. The van der Waals surface area contributed by atoms with E-state index in [9.17, 15) is 4.79 Å². The van der Waals surface area contributed by atoms with Gasteiger partial charge in [0.2, 0.25) is 0 Å². The summed E-state index contributed by atoms with van der Waals surface area (Å²) < 4.78 is 5.08. The van der Waals surface area contributed by atoms with Gasteiger partial charge in [0.15, 0.2) is 5.78 Å². The molecule has 2 aromatic rings. The van der Waals surface area contributed by atoms with Gasteiger partial charge in [-0.15, -0.1) is 11.3 Å². The number of thiophene rings is 1. The molecular weight excluding hydrogens is 232 g/mol. The van der Waals surface area contributed by atoms with Gasteiger partial charge in [-0.1, -0.05) is 30.3 Å². The number of methoxy groups -OCH3 is 1. The second kappa shape index (κ2) is 5.46. The Hall–Kier alpha value is -1.87. The molecular formula is C14H12O2S. The first-order chi connectivity index (χ1) is 8.29. The zero-order valence-electron chi connectivity index (χ0n) is 9.42. The van der Waals surface area contributed by atoms with Crippen molar-refractivity contribution >= 4 is 23.2 Å². The third-order valence-corrected chi connectivity index (χ3v) is 3.16. The Morgan fingerprint density at radius 1 is 1.29 bits per heavy atom. The van der Waals surface area contributed by atoms with Crippen LogP contribution in [0.15, 0.2) is 47.9 Å². The van der Waals surface area contributed by atoms with Crippen molar-refractivity contribution in [1.82, 2.24) is 0 Å². The highest BCUT2D eigenvalue weighted by atomic mass is 32.1. The third kappa shape index (κ3) is 3.04. The molecule has 0 aliphatic carbocycles. The average Bonchev–Trinajstić information content (AvgIpc) is 2.85. The first kappa shape index (κ1) is 11.6. The van der Waals surface area contributed by atoms with Gasteiger partial charge in [0.1, 0.15) is 5.75 Å². The Morgan fingerprint density at radius 3 is 2.71 bits per heavy atom. The molecule has 3 heteroatoms. The minimum absolute atomic E-state index is 0.0120.